The molecule has 4 heteroatoms. The van der Waals surface area contributed by atoms with Gasteiger partial charge in [-0.1, -0.05) is 30.3 Å². The van der Waals surface area contributed by atoms with Crippen LogP contribution in [0.2, 0.25) is 0 Å². The molecule has 0 N–H and O–H groups in total. The van der Waals surface area contributed by atoms with Crippen molar-refractivity contribution in [2.24, 2.45) is 0 Å². The number of hydrogen-bond donors (Lipinski definition) is 0. The smallest absolute Gasteiger partial charge is 0.180 e. The van der Waals surface area contributed by atoms with Crippen molar-refractivity contribution in [2.45, 2.75) is 19.4 Å². The predicted octanol–water partition coefficient (Wildman–Crippen LogP) is 3.96. The molecule has 0 bridgehead atoms. The highest BCUT2D eigenvalue weighted by molar-refractivity contribution is 6.17. The number of ether oxygens (including phenoxy) is 1. The van der Waals surface area contributed by atoms with E-state index in [1.165, 1.54) is 0 Å². The van der Waals surface area contributed by atoms with Crippen LogP contribution in [0.3, 0.4) is 0 Å². The quantitative estimate of drug-likeness (QED) is 0.679. The number of aromatic nitrogens is 2. The lowest BCUT2D eigenvalue weighted by molar-refractivity contribution is 0.308. The number of imidazole rings is 1. The van der Waals surface area contributed by atoms with Gasteiger partial charge in [-0.15, -0.1) is 11.6 Å². The summed E-state index contributed by atoms with van der Waals surface area (Å²) in [5.41, 5.74) is 3.90. The molecule has 3 nitrogen and oxygen atoms in total. The molecule has 102 valence electrons. The fourth-order valence-corrected chi connectivity index (χ4v) is 2.44. The van der Waals surface area contributed by atoms with Crippen molar-refractivity contribution in [2.75, 3.05) is 0 Å². The Morgan fingerprint density at radius 3 is 2.70 bits per heavy atom. The van der Waals surface area contributed by atoms with Crippen molar-refractivity contribution < 1.29 is 4.74 Å². The Morgan fingerprint density at radius 1 is 1.15 bits per heavy atom. The Balaban J connectivity index is 1.92. The van der Waals surface area contributed by atoms with Gasteiger partial charge in [0.15, 0.2) is 11.4 Å². The Bertz CT molecular complexity index is 722. The van der Waals surface area contributed by atoms with Crippen LogP contribution in [-0.4, -0.2) is 9.38 Å². The van der Waals surface area contributed by atoms with Gasteiger partial charge in [-0.25, -0.2) is 4.98 Å². The lowest BCUT2D eigenvalue weighted by Gasteiger charge is -2.07. The highest BCUT2D eigenvalue weighted by Gasteiger charge is 2.11. The summed E-state index contributed by atoms with van der Waals surface area (Å²) < 4.78 is 7.90. The van der Waals surface area contributed by atoms with Gasteiger partial charge in [0.2, 0.25) is 0 Å². The van der Waals surface area contributed by atoms with E-state index in [0.717, 1.165) is 28.3 Å². The summed E-state index contributed by atoms with van der Waals surface area (Å²) in [6.45, 7) is 2.54. The Labute approximate surface area is 122 Å². The van der Waals surface area contributed by atoms with Gasteiger partial charge in [-0.05, 0) is 24.6 Å². The van der Waals surface area contributed by atoms with Crippen molar-refractivity contribution in [3.63, 3.8) is 0 Å². The molecule has 0 atom stereocenters. The fourth-order valence-electron chi connectivity index (χ4n) is 2.18. The normalized spacial score (nSPS) is 10.9. The van der Waals surface area contributed by atoms with Gasteiger partial charge >= 0.3 is 0 Å². The number of halogens is 1. The first-order valence-electron chi connectivity index (χ1n) is 6.49. The zero-order valence-corrected chi connectivity index (χ0v) is 12.0. The van der Waals surface area contributed by atoms with Gasteiger partial charge in [0.25, 0.3) is 0 Å². The van der Waals surface area contributed by atoms with Gasteiger partial charge in [0.1, 0.15) is 6.61 Å². The topological polar surface area (TPSA) is 26.5 Å². The molecule has 0 radical (unpaired) electrons. The van der Waals surface area contributed by atoms with Gasteiger partial charge in [0, 0.05) is 11.9 Å². The summed E-state index contributed by atoms with van der Waals surface area (Å²) in [6, 6.07) is 14.0. The number of nitrogens with zero attached hydrogens (tertiary/aromatic N) is 2. The first-order valence-corrected chi connectivity index (χ1v) is 7.02. The molecule has 20 heavy (non-hydrogen) atoms. The number of fused-ring (bicyclic) bond motifs is 1. The second kappa shape index (κ2) is 5.55. The fraction of sp³-hybridized carbons (Fsp3) is 0.188. The molecule has 0 saturated carbocycles. The molecule has 0 fully saturated rings. The number of alkyl halides is 1. The monoisotopic (exact) mass is 286 g/mol. The molecular formula is C16H15ClN2O. The summed E-state index contributed by atoms with van der Waals surface area (Å²) in [7, 11) is 0. The molecular weight excluding hydrogens is 272 g/mol. The van der Waals surface area contributed by atoms with Crippen LogP contribution in [0.25, 0.3) is 5.65 Å². The molecule has 3 aromatic rings. The van der Waals surface area contributed by atoms with Crippen LogP contribution in [-0.2, 0) is 12.5 Å². The standard InChI is InChI=1S/C16H15ClN2O/c1-12-14(10-17)18-16-15(8-5-9-19(12)16)20-11-13-6-3-2-4-7-13/h2-9H,10-11H2,1H3. The Kier molecular flexibility index (Phi) is 3.61. The molecule has 2 heterocycles. The van der Waals surface area contributed by atoms with Gasteiger partial charge in [0.05, 0.1) is 11.6 Å². The summed E-state index contributed by atoms with van der Waals surface area (Å²) in [5.74, 6) is 1.18. The van der Waals surface area contributed by atoms with E-state index in [1.807, 2.05) is 60.0 Å². The number of benzene rings is 1. The molecule has 0 spiro atoms. The zero-order chi connectivity index (χ0) is 13.9. The molecule has 0 aliphatic heterocycles. The minimum atomic E-state index is 0.408. The van der Waals surface area contributed by atoms with Crippen molar-refractivity contribution in [3.05, 3.63) is 65.6 Å². The maximum atomic E-state index is 5.91. The predicted molar refractivity (Wildman–Crippen MR) is 80.3 cm³/mol. The van der Waals surface area contributed by atoms with Crippen molar-refractivity contribution in [1.82, 2.24) is 9.38 Å². The minimum Gasteiger partial charge on any atom is -0.485 e. The van der Waals surface area contributed by atoms with E-state index >= 15 is 0 Å². The summed E-state index contributed by atoms with van der Waals surface area (Å²) in [4.78, 5) is 4.55. The maximum Gasteiger partial charge on any atom is 0.180 e. The average molecular weight is 287 g/mol. The van der Waals surface area contributed by atoms with E-state index in [-0.39, 0.29) is 0 Å². The number of rotatable bonds is 4. The van der Waals surface area contributed by atoms with Gasteiger partial charge in [-0.2, -0.15) is 0 Å². The van der Waals surface area contributed by atoms with E-state index in [1.54, 1.807) is 0 Å². The highest BCUT2D eigenvalue weighted by Crippen LogP contribution is 2.23. The van der Waals surface area contributed by atoms with E-state index in [9.17, 15) is 0 Å². The number of aryl methyl sites for hydroxylation is 1. The maximum absolute atomic E-state index is 5.91. The lowest BCUT2D eigenvalue weighted by atomic mass is 10.2. The zero-order valence-electron chi connectivity index (χ0n) is 11.2. The minimum absolute atomic E-state index is 0.408. The highest BCUT2D eigenvalue weighted by atomic mass is 35.5. The first kappa shape index (κ1) is 13.0. The number of hydrogen-bond acceptors (Lipinski definition) is 2. The second-order valence-corrected chi connectivity index (χ2v) is 4.89. The largest absolute Gasteiger partial charge is 0.485 e. The third-order valence-electron chi connectivity index (χ3n) is 3.31. The summed E-state index contributed by atoms with van der Waals surface area (Å²) in [5, 5.41) is 0. The molecule has 0 amide bonds. The molecule has 0 saturated heterocycles. The molecule has 0 aliphatic rings. The Morgan fingerprint density at radius 2 is 1.95 bits per heavy atom. The molecule has 3 rings (SSSR count). The van der Waals surface area contributed by atoms with Crippen LogP contribution in [0.5, 0.6) is 5.75 Å². The van der Waals surface area contributed by atoms with Crippen LogP contribution in [0, 0.1) is 6.92 Å². The van der Waals surface area contributed by atoms with Crippen molar-refractivity contribution >= 4 is 17.2 Å². The summed E-state index contributed by atoms with van der Waals surface area (Å²) >= 11 is 5.91. The third kappa shape index (κ3) is 2.37. The van der Waals surface area contributed by atoms with Crippen LogP contribution in [0.1, 0.15) is 17.0 Å². The lowest BCUT2D eigenvalue weighted by Crippen LogP contribution is -1.97. The van der Waals surface area contributed by atoms with E-state index in [4.69, 9.17) is 16.3 Å². The number of pyridine rings is 1. The molecule has 0 unspecified atom stereocenters. The Hall–Kier alpha value is -2.00. The van der Waals surface area contributed by atoms with E-state index in [0.29, 0.717) is 12.5 Å². The van der Waals surface area contributed by atoms with Crippen LogP contribution >= 0.6 is 11.6 Å². The van der Waals surface area contributed by atoms with Gasteiger partial charge < -0.3 is 9.14 Å². The van der Waals surface area contributed by atoms with Crippen LogP contribution in [0.4, 0.5) is 0 Å². The van der Waals surface area contributed by atoms with Crippen LogP contribution < -0.4 is 4.74 Å². The second-order valence-electron chi connectivity index (χ2n) is 4.62. The van der Waals surface area contributed by atoms with Crippen molar-refractivity contribution in [3.8, 4) is 5.75 Å². The van der Waals surface area contributed by atoms with Gasteiger partial charge in [-0.3, -0.25) is 0 Å². The van der Waals surface area contributed by atoms with Crippen LogP contribution in [0.15, 0.2) is 48.7 Å². The molecule has 1 aromatic carbocycles. The molecule has 0 aliphatic carbocycles. The SMILES string of the molecule is Cc1c(CCl)nc2c(OCc3ccccc3)cccn12. The molecule has 2 aromatic heterocycles. The van der Waals surface area contributed by atoms with E-state index < -0.39 is 0 Å². The third-order valence-corrected chi connectivity index (χ3v) is 3.57. The first-order chi connectivity index (χ1) is 9.79. The van der Waals surface area contributed by atoms with E-state index in [2.05, 4.69) is 4.98 Å². The summed E-state index contributed by atoms with van der Waals surface area (Å²) in [6.07, 6.45) is 1.98. The van der Waals surface area contributed by atoms with Crippen molar-refractivity contribution in [1.29, 1.82) is 0 Å². The average Bonchev–Trinajstić information content (AvgIpc) is 2.83.